The minimum atomic E-state index is -0.802. The summed E-state index contributed by atoms with van der Waals surface area (Å²) in [5, 5.41) is 27.5. The Labute approximate surface area is 75.1 Å². The van der Waals surface area contributed by atoms with Crippen LogP contribution in [0.15, 0.2) is 35.8 Å². The molecule has 0 heterocycles. The van der Waals surface area contributed by atoms with E-state index in [9.17, 15) is 10.1 Å². The Morgan fingerprint density at radius 3 is 2.54 bits per heavy atom. The van der Waals surface area contributed by atoms with Crippen molar-refractivity contribution in [1.82, 2.24) is 0 Å². The van der Waals surface area contributed by atoms with Crippen LogP contribution in [0.4, 0.5) is 0 Å². The molecule has 13 heavy (non-hydrogen) atoms. The van der Waals surface area contributed by atoms with Gasteiger partial charge in [-0.1, -0.05) is 6.08 Å². The fraction of sp³-hybridized carbons (Fsp3) is 0.125. The van der Waals surface area contributed by atoms with Gasteiger partial charge in [-0.15, -0.1) is 0 Å². The fourth-order valence-electron chi connectivity index (χ4n) is 0.569. The Morgan fingerprint density at radius 1 is 1.77 bits per heavy atom. The molecule has 0 radical (unpaired) electrons. The zero-order valence-electron chi connectivity index (χ0n) is 7.02. The molecule has 0 atom stereocenters. The molecule has 0 aliphatic carbocycles. The van der Waals surface area contributed by atoms with Crippen LogP contribution >= 0.6 is 0 Å². The second-order valence-electron chi connectivity index (χ2n) is 2.09. The van der Waals surface area contributed by atoms with Gasteiger partial charge in [0.2, 0.25) is 0 Å². The van der Waals surface area contributed by atoms with E-state index in [2.05, 4.69) is 6.58 Å². The number of nitrogens with zero attached hydrogens (tertiary/aromatic N) is 2. The Kier molecular flexibility index (Phi) is 3.96. The lowest BCUT2D eigenvalue weighted by atomic mass is 10.2. The lowest BCUT2D eigenvalue weighted by Crippen LogP contribution is -2.01. The molecule has 0 aromatic heterocycles. The van der Waals surface area contributed by atoms with Gasteiger partial charge in [-0.05, 0) is 13.5 Å². The summed E-state index contributed by atoms with van der Waals surface area (Å²) >= 11 is 0. The zero-order chi connectivity index (χ0) is 10.4. The molecular weight excluding hydrogens is 172 g/mol. The first kappa shape index (κ1) is 10.9. The molecule has 0 aliphatic heterocycles. The summed E-state index contributed by atoms with van der Waals surface area (Å²) in [5.74, 6) is -0.667. The molecule has 0 saturated heterocycles. The highest BCUT2D eigenvalue weighted by atomic mass is 16.6. The second kappa shape index (κ2) is 4.72. The molecule has 0 spiro atoms. The van der Waals surface area contributed by atoms with Crippen molar-refractivity contribution in [3.8, 4) is 6.07 Å². The average Bonchev–Trinajstić information content (AvgIpc) is 2.05. The van der Waals surface area contributed by atoms with Crippen LogP contribution in [0, 0.1) is 21.4 Å². The van der Waals surface area contributed by atoms with Gasteiger partial charge in [-0.2, -0.15) is 5.26 Å². The maximum atomic E-state index is 10.3. The summed E-state index contributed by atoms with van der Waals surface area (Å²) in [6.45, 7) is 4.57. The first-order valence-electron chi connectivity index (χ1n) is 3.33. The standard InChI is InChI=1S/C8H8N2O3/c1-3-7(5-9)4-8(6(2)11)10(12)13/h3-4,11H,2H2,1H3/b7-3+,8-4+. The number of hydrogen-bond donors (Lipinski definition) is 1. The largest absolute Gasteiger partial charge is 0.503 e. The topological polar surface area (TPSA) is 87.2 Å². The van der Waals surface area contributed by atoms with Crippen LogP contribution in [0.25, 0.3) is 0 Å². The third kappa shape index (κ3) is 3.20. The summed E-state index contributed by atoms with van der Waals surface area (Å²) in [5.41, 5.74) is -0.475. The molecule has 68 valence electrons. The van der Waals surface area contributed by atoms with Crippen molar-refractivity contribution in [3.05, 3.63) is 45.9 Å². The third-order valence-electron chi connectivity index (χ3n) is 1.22. The first-order chi connectivity index (χ1) is 6.02. The molecule has 0 saturated carbocycles. The van der Waals surface area contributed by atoms with Crippen LogP contribution in [0.5, 0.6) is 0 Å². The van der Waals surface area contributed by atoms with Crippen LogP contribution in [0.3, 0.4) is 0 Å². The van der Waals surface area contributed by atoms with Gasteiger partial charge in [0.25, 0.3) is 0 Å². The lowest BCUT2D eigenvalue weighted by Gasteiger charge is -1.93. The van der Waals surface area contributed by atoms with Gasteiger partial charge in [-0.3, -0.25) is 10.1 Å². The smallest absolute Gasteiger partial charge is 0.311 e. The molecule has 5 heteroatoms. The van der Waals surface area contributed by atoms with Gasteiger partial charge in [-0.25, -0.2) is 0 Å². The lowest BCUT2D eigenvalue weighted by molar-refractivity contribution is -0.423. The predicted octanol–water partition coefficient (Wildman–Crippen LogP) is 1.69. The number of nitriles is 1. The minimum absolute atomic E-state index is 0.0990. The van der Waals surface area contributed by atoms with E-state index >= 15 is 0 Å². The third-order valence-corrected chi connectivity index (χ3v) is 1.22. The zero-order valence-corrected chi connectivity index (χ0v) is 7.02. The van der Waals surface area contributed by atoms with E-state index in [1.807, 2.05) is 0 Å². The highest BCUT2D eigenvalue weighted by Gasteiger charge is 2.14. The number of aliphatic hydroxyl groups excluding tert-OH is 1. The number of hydrogen-bond acceptors (Lipinski definition) is 4. The van der Waals surface area contributed by atoms with Crippen LogP contribution < -0.4 is 0 Å². The molecule has 0 bridgehead atoms. The molecular formula is C8H8N2O3. The normalized spacial score (nSPS) is 12.0. The van der Waals surface area contributed by atoms with Crippen LogP contribution in [-0.2, 0) is 0 Å². The van der Waals surface area contributed by atoms with E-state index in [0.29, 0.717) is 0 Å². The summed E-state index contributed by atoms with van der Waals surface area (Å²) in [6.07, 6.45) is 2.36. The number of rotatable bonds is 3. The van der Waals surface area contributed by atoms with Crippen molar-refractivity contribution >= 4 is 0 Å². The summed E-state index contributed by atoms with van der Waals surface area (Å²) < 4.78 is 0. The van der Waals surface area contributed by atoms with Crippen molar-refractivity contribution < 1.29 is 10.0 Å². The Balaban J connectivity index is 5.09. The predicted molar refractivity (Wildman–Crippen MR) is 46.2 cm³/mol. The van der Waals surface area contributed by atoms with Crippen molar-refractivity contribution in [2.75, 3.05) is 0 Å². The van der Waals surface area contributed by atoms with Crippen LogP contribution in [0.1, 0.15) is 6.92 Å². The molecule has 0 amide bonds. The molecule has 1 N–H and O–H groups in total. The van der Waals surface area contributed by atoms with Crippen LogP contribution in [0.2, 0.25) is 0 Å². The average molecular weight is 180 g/mol. The SMILES string of the molecule is C=C(O)/C(=C\C(C#N)=C/C)[N+](=O)[O-]. The highest BCUT2D eigenvalue weighted by molar-refractivity contribution is 5.36. The summed E-state index contributed by atoms with van der Waals surface area (Å²) in [6, 6.07) is 1.72. The summed E-state index contributed by atoms with van der Waals surface area (Å²) in [7, 11) is 0. The van der Waals surface area contributed by atoms with Crippen molar-refractivity contribution in [2.24, 2.45) is 0 Å². The number of aliphatic hydroxyl groups is 1. The maximum Gasteiger partial charge on any atom is 0.311 e. The van der Waals surface area contributed by atoms with Gasteiger partial charge >= 0.3 is 5.70 Å². The first-order valence-corrected chi connectivity index (χ1v) is 3.33. The van der Waals surface area contributed by atoms with Crippen molar-refractivity contribution in [1.29, 1.82) is 5.26 Å². The van der Waals surface area contributed by atoms with Gasteiger partial charge in [0.1, 0.15) is 0 Å². The molecule has 0 aliphatic rings. The number of nitro groups is 1. The van der Waals surface area contributed by atoms with Gasteiger partial charge in [0, 0.05) is 6.08 Å². The van der Waals surface area contributed by atoms with Crippen molar-refractivity contribution in [3.63, 3.8) is 0 Å². The van der Waals surface area contributed by atoms with E-state index in [1.165, 1.54) is 6.08 Å². The monoisotopic (exact) mass is 180 g/mol. The molecule has 0 unspecified atom stereocenters. The van der Waals surface area contributed by atoms with Gasteiger partial charge < -0.3 is 5.11 Å². The molecule has 0 rings (SSSR count). The van der Waals surface area contributed by atoms with E-state index in [0.717, 1.165) is 6.08 Å². The fourth-order valence-corrected chi connectivity index (χ4v) is 0.569. The minimum Gasteiger partial charge on any atom is -0.503 e. The van der Waals surface area contributed by atoms with Gasteiger partial charge in [0.05, 0.1) is 16.6 Å². The molecule has 0 fully saturated rings. The van der Waals surface area contributed by atoms with Crippen molar-refractivity contribution in [2.45, 2.75) is 6.92 Å². The highest BCUT2D eigenvalue weighted by Crippen LogP contribution is 2.08. The second-order valence-corrected chi connectivity index (χ2v) is 2.09. The molecule has 0 aromatic carbocycles. The van der Waals surface area contributed by atoms with Crippen LogP contribution in [-0.4, -0.2) is 10.0 Å². The van der Waals surface area contributed by atoms with E-state index in [-0.39, 0.29) is 5.57 Å². The Bertz CT molecular complexity index is 318. The summed E-state index contributed by atoms with van der Waals surface area (Å²) in [4.78, 5) is 9.49. The van der Waals surface area contributed by atoms with E-state index < -0.39 is 16.4 Å². The Hall–Kier alpha value is -2.09. The molecule has 5 nitrogen and oxygen atoms in total. The van der Waals surface area contributed by atoms with E-state index in [1.54, 1.807) is 13.0 Å². The number of allylic oxidation sites excluding steroid dienone is 3. The maximum absolute atomic E-state index is 10.3. The van der Waals surface area contributed by atoms with Gasteiger partial charge in [0.15, 0.2) is 5.76 Å². The molecule has 0 aromatic rings. The van der Waals surface area contributed by atoms with E-state index in [4.69, 9.17) is 10.4 Å². The quantitative estimate of drug-likeness (QED) is 0.235. The Morgan fingerprint density at radius 2 is 2.31 bits per heavy atom.